The van der Waals surface area contributed by atoms with Gasteiger partial charge >= 0.3 is 6.03 Å². The van der Waals surface area contributed by atoms with Crippen LogP contribution in [0.4, 0.5) is 10.5 Å². The molecule has 1 rings (SSSR count). The number of benzene rings is 1. The predicted octanol–water partition coefficient (Wildman–Crippen LogP) is 1.95. The van der Waals surface area contributed by atoms with Gasteiger partial charge in [0.2, 0.25) is 5.91 Å². The molecule has 1 aromatic rings. The first-order valence-electron chi connectivity index (χ1n) is 6.41. The molecule has 104 valence electrons. The second-order valence-electron chi connectivity index (χ2n) is 4.48. The molecule has 0 heterocycles. The highest BCUT2D eigenvalue weighted by molar-refractivity contribution is 5.92. The van der Waals surface area contributed by atoms with Gasteiger partial charge in [-0.05, 0) is 37.5 Å². The van der Waals surface area contributed by atoms with Gasteiger partial charge in [-0.15, -0.1) is 0 Å². The number of aryl methyl sites for hydroxylation is 2. The summed E-state index contributed by atoms with van der Waals surface area (Å²) in [6.07, 6.45) is 0.875. The Morgan fingerprint density at radius 1 is 1.16 bits per heavy atom. The third-order valence-corrected chi connectivity index (χ3v) is 2.62. The molecule has 3 amide bonds. The molecule has 5 heteroatoms. The van der Waals surface area contributed by atoms with Crippen molar-refractivity contribution < 1.29 is 9.59 Å². The molecule has 0 aromatic heterocycles. The van der Waals surface area contributed by atoms with Crippen LogP contribution in [0.25, 0.3) is 0 Å². The van der Waals surface area contributed by atoms with Crippen LogP contribution >= 0.6 is 0 Å². The summed E-state index contributed by atoms with van der Waals surface area (Å²) in [5.41, 5.74) is 2.81. The zero-order valence-electron chi connectivity index (χ0n) is 11.7. The van der Waals surface area contributed by atoms with Crippen LogP contribution in [-0.2, 0) is 4.79 Å². The molecule has 0 saturated heterocycles. The fourth-order valence-corrected chi connectivity index (χ4v) is 1.52. The van der Waals surface area contributed by atoms with E-state index < -0.39 is 0 Å². The van der Waals surface area contributed by atoms with Crippen LogP contribution in [-0.4, -0.2) is 25.0 Å². The summed E-state index contributed by atoms with van der Waals surface area (Å²) in [7, 11) is 0. The van der Waals surface area contributed by atoms with Crippen molar-refractivity contribution in [2.75, 3.05) is 18.4 Å². The molecule has 0 aliphatic rings. The molecule has 19 heavy (non-hydrogen) atoms. The highest BCUT2D eigenvalue weighted by Crippen LogP contribution is 2.15. The number of amides is 3. The minimum absolute atomic E-state index is 0.0172. The standard InChI is InChI=1S/C14H21N3O2/c1-4-7-15-13(18)9-16-14(19)17-12-8-10(2)5-6-11(12)3/h5-6,8H,4,7,9H2,1-3H3,(H,15,18)(H2,16,17,19). The molecule has 0 saturated carbocycles. The predicted molar refractivity (Wildman–Crippen MR) is 76.2 cm³/mol. The molecule has 0 atom stereocenters. The van der Waals surface area contributed by atoms with E-state index in [1.807, 2.05) is 39.0 Å². The van der Waals surface area contributed by atoms with Gasteiger partial charge in [0, 0.05) is 12.2 Å². The molecule has 0 fully saturated rings. The number of rotatable bonds is 5. The van der Waals surface area contributed by atoms with Crippen molar-refractivity contribution in [2.45, 2.75) is 27.2 Å². The van der Waals surface area contributed by atoms with E-state index >= 15 is 0 Å². The summed E-state index contributed by atoms with van der Waals surface area (Å²) >= 11 is 0. The van der Waals surface area contributed by atoms with E-state index in [0.717, 1.165) is 23.2 Å². The van der Waals surface area contributed by atoms with Gasteiger partial charge in [-0.25, -0.2) is 4.79 Å². The Balaban J connectivity index is 2.43. The Labute approximate surface area is 113 Å². The number of hydrogen-bond donors (Lipinski definition) is 3. The topological polar surface area (TPSA) is 70.2 Å². The molecule has 0 spiro atoms. The molecule has 5 nitrogen and oxygen atoms in total. The number of carbonyl (C=O) groups is 2. The average Bonchev–Trinajstić information content (AvgIpc) is 2.38. The maximum absolute atomic E-state index is 11.7. The lowest BCUT2D eigenvalue weighted by molar-refractivity contribution is -0.120. The van der Waals surface area contributed by atoms with Crippen LogP contribution in [0.5, 0.6) is 0 Å². The number of carbonyl (C=O) groups excluding carboxylic acids is 2. The minimum atomic E-state index is -0.375. The zero-order valence-corrected chi connectivity index (χ0v) is 11.7. The molecular weight excluding hydrogens is 242 g/mol. The summed E-state index contributed by atoms with van der Waals surface area (Å²) in [5, 5.41) is 7.95. The summed E-state index contributed by atoms with van der Waals surface area (Å²) in [4.78, 5) is 23.0. The SMILES string of the molecule is CCCNC(=O)CNC(=O)Nc1cc(C)ccc1C. The number of urea groups is 1. The van der Waals surface area contributed by atoms with Crippen LogP contribution in [0.1, 0.15) is 24.5 Å². The molecule has 0 aliphatic carbocycles. The summed E-state index contributed by atoms with van der Waals surface area (Å²) in [6.45, 7) is 6.46. The average molecular weight is 263 g/mol. The monoisotopic (exact) mass is 263 g/mol. The molecule has 3 N–H and O–H groups in total. The molecular formula is C14H21N3O2. The van der Waals surface area contributed by atoms with Gasteiger partial charge in [-0.3, -0.25) is 4.79 Å². The quantitative estimate of drug-likeness (QED) is 0.760. The van der Waals surface area contributed by atoms with E-state index in [0.29, 0.717) is 6.54 Å². The lowest BCUT2D eigenvalue weighted by Gasteiger charge is -2.10. The van der Waals surface area contributed by atoms with Gasteiger partial charge in [0.15, 0.2) is 0 Å². The highest BCUT2D eigenvalue weighted by Gasteiger charge is 2.06. The second kappa shape index (κ2) is 7.41. The number of hydrogen-bond acceptors (Lipinski definition) is 2. The van der Waals surface area contributed by atoms with E-state index in [2.05, 4.69) is 16.0 Å². The first-order chi connectivity index (χ1) is 9.02. The number of nitrogens with one attached hydrogen (secondary N) is 3. The van der Waals surface area contributed by atoms with Gasteiger partial charge in [0.25, 0.3) is 0 Å². The van der Waals surface area contributed by atoms with Crippen LogP contribution in [0, 0.1) is 13.8 Å². The van der Waals surface area contributed by atoms with Crippen molar-refractivity contribution in [3.8, 4) is 0 Å². The van der Waals surface area contributed by atoms with Crippen LogP contribution in [0.3, 0.4) is 0 Å². The van der Waals surface area contributed by atoms with Crippen LogP contribution in [0.15, 0.2) is 18.2 Å². The third-order valence-electron chi connectivity index (χ3n) is 2.62. The Morgan fingerprint density at radius 3 is 2.58 bits per heavy atom. The molecule has 0 radical (unpaired) electrons. The van der Waals surface area contributed by atoms with E-state index in [1.54, 1.807) is 0 Å². The smallest absolute Gasteiger partial charge is 0.319 e. The second-order valence-corrected chi connectivity index (χ2v) is 4.48. The van der Waals surface area contributed by atoms with E-state index in [4.69, 9.17) is 0 Å². The highest BCUT2D eigenvalue weighted by atomic mass is 16.2. The first kappa shape index (κ1) is 15.0. The normalized spacial score (nSPS) is 9.84. The maximum atomic E-state index is 11.7. The van der Waals surface area contributed by atoms with Crippen molar-refractivity contribution in [1.82, 2.24) is 10.6 Å². The van der Waals surface area contributed by atoms with Crippen molar-refractivity contribution in [1.29, 1.82) is 0 Å². The summed E-state index contributed by atoms with van der Waals surface area (Å²) in [6, 6.07) is 5.45. The van der Waals surface area contributed by atoms with Gasteiger partial charge in [-0.2, -0.15) is 0 Å². The summed E-state index contributed by atoms with van der Waals surface area (Å²) in [5.74, 6) is -0.182. The van der Waals surface area contributed by atoms with E-state index in [1.165, 1.54) is 0 Å². The van der Waals surface area contributed by atoms with Crippen molar-refractivity contribution in [3.63, 3.8) is 0 Å². The number of anilines is 1. The largest absolute Gasteiger partial charge is 0.355 e. The van der Waals surface area contributed by atoms with Gasteiger partial charge < -0.3 is 16.0 Å². The van der Waals surface area contributed by atoms with Crippen LogP contribution in [0.2, 0.25) is 0 Å². The Morgan fingerprint density at radius 2 is 1.89 bits per heavy atom. The molecule has 0 bridgehead atoms. The van der Waals surface area contributed by atoms with E-state index in [-0.39, 0.29) is 18.5 Å². The zero-order chi connectivity index (χ0) is 14.3. The van der Waals surface area contributed by atoms with Gasteiger partial charge in [0.1, 0.15) is 0 Å². The lowest BCUT2D eigenvalue weighted by Crippen LogP contribution is -2.39. The van der Waals surface area contributed by atoms with E-state index in [9.17, 15) is 9.59 Å². The Kier molecular flexibility index (Phi) is 5.85. The van der Waals surface area contributed by atoms with Gasteiger partial charge in [-0.1, -0.05) is 19.1 Å². The maximum Gasteiger partial charge on any atom is 0.319 e. The minimum Gasteiger partial charge on any atom is -0.355 e. The van der Waals surface area contributed by atoms with Crippen LogP contribution < -0.4 is 16.0 Å². The molecule has 0 unspecified atom stereocenters. The van der Waals surface area contributed by atoms with Crippen molar-refractivity contribution >= 4 is 17.6 Å². The van der Waals surface area contributed by atoms with Crippen molar-refractivity contribution in [3.05, 3.63) is 29.3 Å². The Bertz CT molecular complexity index is 458. The fourth-order valence-electron chi connectivity index (χ4n) is 1.52. The fraction of sp³-hybridized carbons (Fsp3) is 0.429. The molecule has 1 aromatic carbocycles. The molecule has 0 aliphatic heterocycles. The third kappa shape index (κ3) is 5.42. The lowest BCUT2D eigenvalue weighted by atomic mass is 10.1. The van der Waals surface area contributed by atoms with Gasteiger partial charge in [0.05, 0.1) is 6.54 Å². The summed E-state index contributed by atoms with van der Waals surface area (Å²) < 4.78 is 0. The Hall–Kier alpha value is -2.04. The van der Waals surface area contributed by atoms with Crippen molar-refractivity contribution in [2.24, 2.45) is 0 Å². The first-order valence-corrected chi connectivity index (χ1v) is 6.41.